The van der Waals surface area contributed by atoms with Crippen LogP contribution in [-0.2, 0) is 4.79 Å². The Balaban J connectivity index is 1.64. The fourth-order valence-electron chi connectivity index (χ4n) is 3.35. The molecule has 0 aliphatic heterocycles. The highest BCUT2D eigenvalue weighted by Crippen LogP contribution is 2.32. The minimum Gasteiger partial charge on any atom is -0.495 e. The second kappa shape index (κ2) is 9.00. The van der Waals surface area contributed by atoms with Gasteiger partial charge in [0, 0.05) is 10.4 Å². The number of ether oxygens (including phenoxy) is 2. The Morgan fingerprint density at radius 2 is 1.73 bits per heavy atom. The summed E-state index contributed by atoms with van der Waals surface area (Å²) in [5, 5.41) is 4.22. The van der Waals surface area contributed by atoms with E-state index in [4.69, 9.17) is 25.5 Å². The summed E-state index contributed by atoms with van der Waals surface area (Å²) in [5.41, 5.74) is 0.208. The van der Waals surface area contributed by atoms with Gasteiger partial charge in [-0.25, -0.2) is 4.79 Å². The maximum absolute atomic E-state index is 13.1. The van der Waals surface area contributed by atoms with E-state index < -0.39 is 17.1 Å². The molecule has 168 valence electrons. The number of fused-ring (bicyclic) bond motifs is 1. The Morgan fingerprint density at radius 1 is 1.00 bits per heavy atom. The molecule has 0 saturated heterocycles. The molecule has 0 fully saturated rings. The third-order valence-corrected chi connectivity index (χ3v) is 5.39. The highest BCUT2D eigenvalue weighted by Gasteiger charge is 2.31. The third kappa shape index (κ3) is 4.86. The van der Waals surface area contributed by atoms with Crippen molar-refractivity contribution in [2.24, 2.45) is 0 Å². The quantitative estimate of drug-likeness (QED) is 0.359. The van der Waals surface area contributed by atoms with E-state index in [1.54, 1.807) is 74.5 Å². The fourth-order valence-corrected chi connectivity index (χ4v) is 3.48. The molecule has 1 N–H and O–H groups in total. The molecule has 0 aliphatic carbocycles. The molecule has 0 aliphatic rings. The van der Waals surface area contributed by atoms with Crippen molar-refractivity contribution >= 4 is 34.2 Å². The number of hydrogen-bond donors (Lipinski definition) is 1. The number of carbonyl (C=O) groups is 1. The number of para-hydroxylation sites is 1. The summed E-state index contributed by atoms with van der Waals surface area (Å²) < 4.78 is 16.7. The van der Waals surface area contributed by atoms with Gasteiger partial charge in [0.05, 0.1) is 18.4 Å². The number of methoxy groups -OCH3 is 1. The number of halogens is 1. The van der Waals surface area contributed by atoms with Crippen LogP contribution in [0.4, 0.5) is 5.69 Å². The van der Waals surface area contributed by atoms with Gasteiger partial charge in [0.25, 0.3) is 5.91 Å². The van der Waals surface area contributed by atoms with Crippen LogP contribution < -0.4 is 20.4 Å². The van der Waals surface area contributed by atoms with Crippen LogP contribution in [0.15, 0.2) is 82.0 Å². The van der Waals surface area contributed by atoms with Crippen LogP contribution in [0.3, 0.4) is 0 Å². The van der Waals surface area contributed by atoms with Crippen LogP contribution in [0.2, 0.25) is 5.02 Å². The number of carbonyl (C=O) groups excluding carboxylic acids is 1. The van der Waals surface area contributed by atoms with Gasteiger partial charge in [0.15, 0.2) is 5.60 Å². The highest BCUT2D eigenvalue weighted by molar-refractivity contribution is 6.30. The number of hydrogen-bond acceptors (Lipinski definition) is 5. The lowest BCUT2D eigenvalue weighted by Gasteiger charge is -2.26. The molecule has 0 atom stereocenters. The summed E-state index contributed by atoms with van der Waals surface area (Å²) in [6, 6.07) is 20.9. The molecular formula is C26H22ClNO5. The van der Waals surface area contributed by atoms with Gasteiger partial charge >= 0.3 is 5.63 Å². The van der Waals surface area contributed by atoms with E-state index in [0.717, 1.165) is 5.39 Å². The zero-order valence-corrected chi connectivity index (χ0v) is 19.1. The Kier molecular flexibility index (Phi) is 6.11. The Labute approximate surface area is 195 Å². The average Bonchev–Trinajstić information content (AvgIpc) is 2.80. The number of benzene rings is 3. The predicted molar refractivity (Wildman–Crippen MR) is 129 cm³/mol. The van der Waals surface area contributed by atoms with Crippen LogP contribution in [0, 0.1) is 0 Å². The molecule has 4 rings (SSSR count). The van der Waals surface area contributed by atoms with Gasteiger partial charge in [-0.2, -0.15) is 0 Å². The van der Waals surface area contributed by atoms with Crippen LogP contribution in [-0.4, -0.2) is 18.6 Å². The van der Waals surface area contributed by atoms with Crippen molar-refractivity contribution in [2.45, 2.75) is 19.4 Å². The zero-order chi connectivity index (χ0) is 23.6. The standard InChI is InChI=1S/C26H22ClNO5/c1-26(2,33-19-11-9-18(27)10-12-19)25(30)28-21-15-16(8-13-23(21)31-3)20-14-17-6-4-5-7-22(17)32-24(20)29/h4-15H,1-3H3,(H,28,30). The van der Waals surface area contributed by atoms with Crippen molar-refractivity contribution in [2.75, 3.05) is 12.4 Å². The van der Waals surface area contributed by atoms with Crippen molar-refractivity contribution in [1.82, 2.24) is 0 Å². The number of amides is 1. The summed E-state index contributed by atoms with van der Waals surface area (Å²) in [6.07, 6.45) is 0. The lowest BCUT2D eigenvalue weighted by atomic mass is 10.0. The number of anilines is 1. The molecule has 3 aromatic carbocycles. The average molecular weight is 464 g/mol. The first-order valence-corrected chi connectivity index (χ1v) is 10.6. The highest BCUT2D eigenvalue weighted by atomic mass is 35.5. The first kappa shape index (κ1) is 22.4. The molecule has 0 saturated carbocycles. The molecule has 1 amide bonds. The smallest absolute Gasteiger partial charge is 0.344 e. The molecule has 0 radical (unpaired) electrons. The van der Waals surface area contributed by atoms with E-state index in [2.05, 4.69) is 5.32 Å². The minimum atomic E-state index is -1.20. The van der Waals surface area contributed by atoms with Crippen LogP contribution in [0.1, 0.15) is 13.8 Å². The number of rotatable bonds is 6. The van der Waals surface area contributed by atoms with Gasteiger partial charge < -0.3 is 19.2 Å². The molecule has 7 heteroatoms. The van der Waals surface area contributed by atoms with Crippen molar-refractivity contribution in [1.29, 1.82) is 0 Å². The van der Waals surface area contributed by atoms with Gasteiger partial charge in [0.1, 0.15) is 17.1 Å². The molecule has 0 spiro atoms. The second-order valence-corrected chi connectivity index (χ2v) is 8.36. The van der Waals surface area contributed by atoms with Gasteiger partial charge in [0.2, 0.25) is 0 Å². The predicted octanol–water partition coefficient (Wildman–Crippen LogP) is 5.92. The lowest BCUT2D eigenvalue weighted by molar-refractivity contribution is -0.128. The second-order valence-electron chi connectivity index (χ2n) is 7.92. The van der Waals surface area contributed by atoms with Crippen LogP contribution in [0.5, 0.6) is 11.5 Å². The first-order valence-electron chi connectivity index (χ1n) is 10.2. The first-order chi connectivity index (χ1) is 15.8. The summed E-state index contributed by atoms with van der Waals surface area (Å²) in [5.74, 6) is 0.562. The molecule has 4 aromatic rings. The maximum atomic E-state index is 13.1. The van der Waals surface area contributed by atoms with Gasteiger partial charge in [-0.05, 0) is 67.9 Å². The third-order valence-electron chi connectivity index (χ3n) is 5.13. The molecule has 0 unspecified atom stereocenters. The van der Waals surface area contributed by atoms with Crippen molar-refractivity contribution in [3.05, 3.63) is 88.2 Å². The topological polar surface area (TPSA) is 77.8 Å². The SMILES string of the molecule is COc1ccc(-c2cc3ccccc3oc2=O)cc1NC(=O)C(C)(C)Oc1ccc(Cl)cc1. The van der Waals surface area contributed by atoms with Gasteiger partial charge in [-0.15, -0.1) is 0 Å². The van der Waals surface area contributed by atoms with E-state index in [1.807, 2.05) is 12.1 Å². The lowest BCUT2D eigenvalue weighted by Crippen LogP contribution is -2.42. The van der Waals surface area contributed by atoms with E-state index in [-0.39, 0.29) is 0 Å². The molecule has 1 aromatic heterocycles. The Bertz CT molecular complexity index is 1380. The minimum absolute atomic E-state index is 0.378. The molecule has 1 heterocycles. The summed E-state index contributed by atoms with van der Waals surface area (Å²) in [4.78, 5) is 25.7. The Morgan fingerprint density at radius 3 is 2.45 bits per heavy atom. The zero-order valence-electron chi connectivity index (χ0n) is 18.3. The largest absolute Gasteiger partial charge is 0.495 e. The van der Waals surface area contributed by atoms with Crippen LogP contribution >= 0.6 is 11.6 Å². The van der Waals surface area contributed by atoms with E-state index in [9.17, 15) is 9.59 Å². The van der Waals surface area contributed by atoms with E-state index >= 15 is 0 Å². The van der Waals surface area contributed by atoms with Crippen molar-refractivity contribution < 1.29 is 18.7 Å². The molecule has 6 nitrogen and oxygen atoms in total. The monoisotopic (exact) mass is 463 g/mol. The number of nitrogens with one attached hydrogen (secondary N) is 1. The van der Waals surface area contributed by atoms with Crippen LogP contribution in [0.25, 0.3) is 22.1 Å². The molecular weight excluding hydrogens is 442 g/mol. The Hall–Kier alpha value is -3.77. The maximum Gasteiger partial charge on any atom is 0.344 e. The fraction of sp³-hybridized carbons (Fsp3) is 0.154. The molecule has 33 heavy (non-hydrogen) atoms. The van der Waals surface area contributed by atoms with Crippen molar-refractivity contribution in [3.8, 4) is 22.6 Å². The van der Waals surface area contributed by atoms with E-state index in [1.165, 1.54) is 7.11 Å². The van der Waals surface area contributed by atoms with Gasteiger partial charge in [-0.3, -0.25) is 4.79 Å². The molecule has 0 bridgehead atoms. The summed E-state index contributed by atoms with van der Waals surface area (Å²) in [6.45, 7) is 3.32. The van der Waals surface area contributed by atoms with E-state index in [0.29, 0.717) is 38.9 Å². The van der Waals surface area contributed by atoms with Gasteiger partial charge in [-0.1, -0.05) is 35.9 Å². The summed E-state index contributed by atoms with van der Waals surface area (Å²) >= 11 is 5.92. The van der Waals surface area contributed by atoms with Crippen molar-refractivity contribution in [3.63, 3.8) is 0 Å². The summed E-state index contributed by atoms with van der Waals surface area (Å²) in [7, 11) is 1.50. The normalized spacial score (nSPS) is 11.3.